The second kappa shape index (κ2) is 5.60. The number of nitrogens with two attached hydrogens (primary N) is 1. The molecule has 0 bridgehead atoms. The molecular weight excluding hydrogens is 226 g/mol. The summed E-state index contributed by atoms with van der Waals surface area (Å²) in [7, 11) is 0. The minimum atomic E-state index is -0.435. The molecule has 0 aromatic heterocycles. The van der Waals surface area contributed by atoms with Crippen LogP contribution >= 0.6 is 0 Å². The van der Waals surface area contributed by atoms with Gasteiger partial charge in [0.2, 0.25) is 0 Å². The third kappa shape index (κ3) is 2.56. The lowest BCUT2D eigenvalue weighted by Gasteiger charge is -2.34. The molecule has 4 atom stereocenters. The molecule has 4 unspecified atom stereocenters. The lowest BCUT2D eigenvalue weighted by atomic mass is 9.83. The van der Waals surface area contributed by atoms with Gasteiger partial charge in [0.25, 0.3) is 0 Å². The van der Waals surface area contributed by atoms with E-state index in [0.29, 0.717) is 5.92 Å². The van der Waals surface area contributed by atoms with Gasteiger partial charge in [0, 0.05) is 6.04 Å². The molecule has 0 aromatic carbocycles. The van der Waals surface area contributed by atoms with Crippen LogP contribution in [-0.2, 0) is 9.53 Å². The van der Waals surface area contributed by atoms with Gasteiger partial charge in [-0.05, 0) is 51.4 Å². The summed E-state index contributed by atoms with van der Waals surface area (Å²) in [6.07, 6.45) is 8.85. The first-order chi connectivity index (χ1) is 8.58. The van der Waals surface area contributed by atoms with Gasteiger partial charge in [-0.3, -0.25) is 4.79 Å². The summed E-state index contributed by atoms with van der Waals surface area (Å²) in [5.41, 5.74) is 5.65. The smallest absolute Gasteiger partial charge is 0.313 e. The third-order valence-electron chi connectivity index (χ3n) is 5.12. The molecule has 2 saturated carbocycles. The molecule has 0 saturated heterocycles. The van der Waals surface area contributed by atoms with Crippen LogP contribution in [0.2, 0.25) is 0 Å². The summed E-state index contributed by atoms with van der Waals surface area (Å²) in [6.45, 7) is 4.18. The van der Waals surface area contributed by atoms with Gasteiger partial charge in [0.1, 0.15) is 6.10 Å². The van der Waals surface area contributed by atoms with E-state index in [2.05, 4.69) is 6.92 Å². The van der Waals surface area contributed by atoms with Crippen molar-refractivity contribution in [3.63, 3.8) is 0 Å². The molecule has 2 N–H and O–H groups in total. The van der Waals surface area contributed by atoms with Crippen LogP contribution in [0.25, 0.3) is 0 Å². The normalized spacial score (nSPS) is 40.7. The standard InChI is InChI=1S/C15H27NO2/c1-3-11-7-4-5-8-12(11)18-14(17)15(2)10-6-9-13(15)16/h11-13H,3-10,16H2,1-2H3. The van der Waals surface area contributed by atoms with Crippen molar-refractivity contribution in [2.75, 3.05) is 0 Å². The predicted octanol–water partition coefficient (Wildman–Crippen LogP) is 3.02. The van der Waals surface area contributed by atoms with E-state index in [1.54, 1.807) is 0 Å². The summed E-state index contributed by atoms with van der Waals surface area (Å²) < 4.78 is 5.83. The molecule has 2 aliphatic carbocycles. The number of carbonyl (C=O) groups is 1. The monoisotopic (exact) mass is 253 g/mol. The van der Waals surface area contributed by atoms with Crippen LogP contribution in [0.3, 0.4) is 0 Å². The molecule has 18 heavy (non-hydrogen) atoms. The zero-order valence-corrected chi connectivity index (χ0v) is 11.8. The molecule has 0 amide bonds. The van der Waals surface area contributed by atoms with Crippen molar-refractivity contribution in [1.82, 2.24) is 0 Å². The first-order valence-corrected chi connectivity index (χ1v) is 7.54. The van der Waals surface area contributed by atoms with Gasteiger partial charge in [-0.2, -0.15) is 0 Å². The van der Waals surface area contributed by atoms with E-state index < -0.39 is 5.41 Å². The molecule has 0 aromatic rings. The van der Waals surface area contributed by atoms with Crippen LogP contribution in [-0.4, -0.2) is 18.1 Å². The Bertz CT molecular complexity index is 305. The lowest BCUT2D eigenvalue weighted by molar-refractivity contribution is -0.165. The summed E-state index contributed by atoms with van der Waals surface area (Å²) in [5, 5.41) is 0. The van der Waals surface area contributed by atoms with E-state index in [-0.39, 0.29) is 18.1 Å². The fourth-order valence-electron chi connectivity index (χ4n) is 3.51. The van der Waals surface area contributed by atoms with Crippen LogP contribution < -0.4 is 5.73 Å². The third-order valence-corrected chi connectivity index (χ3v) is 5.12. The maximum Gasteiger partial charge on any atom is 0.313 e. The van der Waals surface area contributed by atoms with Crippen molar-refractivity contribution in [2.45, 2.75) is 77.4 Å². The molecule has 0 radical (unpaired) electrons. The van der Waals surface area contributed by atoms with Crippen molar-refractivity contribution in [1.29, 1.82) is 0 Å². The maximum atomic E-state index is 12.4. The van der Waals surface area contributed by atoms with Crippen LogP contribution in [0, 0.1) is 11.3 Å². The van der Waals surface area contributed by atoms with E-state index >= 15 is 0 Å². The van der Waals surface area contributed by atoms with Crippen molar-refractivity contribution in [3.05, 3.63) is 0 Å². The number of hydrogen-bond donors (Lipinski definition) is 1. The van der Waals surface area contributed by atoms with Crippen LogP contribution in [0.1, 0.15) is 65.2 Å². The Morgan fingerprint density at radius 3 is 2.61 bits per heavy atom. The van der Waals surface area contributed by atoms with Crippen molar-refractivity contribution in [3.8, 4) is 0 Å². The van der Waals surface area contributed by atoms with Gasteiger partial charge in [0.15, 0.2) is 0 Å². The van der Waals surface area contributed by atoms with E-state index in [1.165, 1.54) is 19.3 Å². The van der Waals surface area contributed by atoms with E-state index in [1.807, 2.05) is 6.92 Å². The topological polar surface area (TPSA) is 52.3 Å². The van der Waals surface area contributed by atoms with Crippen molar-refractivity contribution >= 4 is 5.97 Å². The minimum absolute atomic E-state index is 0.0198. The first kappa shape index (κ1) is 13.9. The second-order valence-corrected chi connectivity index (χ2v) is 6.31. The molecule has 3 nitrogen and oxygen atoms in total. The summed E-state index contributed by atoms with van der Waals surface area (Å²) in [4.78, 5) is 12.4. The largest absolute Gasteiger partial charge is 0.462 e. The number of hydrogen-bond acceptors (Lipinski definition) is 3. The minimum Gasteiger partial charge on any atom is -0.462 e. The van der Waals surface area contributed by atoms with Crippen molar-refractivity contribution < 1.29 is 9.53 Å². The van der Waals surface area contributed by atoms with E-state index in [9.17, 15) is 4.79 Å². The molecule has 0 spiro atoms. The lowest BCUT2D eigenvalue weighted by Crippen LogP contribution is -2.44. The number of esters is 1. The van der Waals surface area contributed by atoms with Gasteiger partial charge in [0.05, 0.1) is 5.41 Å². The van der Waals surface area contributed by atoms with Gasteiger partial charge in [-0.15, -0.1) is 0 Å². The zero-order valence-electron chi connectivity index (χ0n) is 11.8. The molecule has 2 rings (SSSR count). The maximum absolute atomic E-state index is 12.4. The Kier molecular flexibility index (Phi) is 4.31. The summed E-state index contributed by atoms with van der Waals surface area (Å²) in [5.74, 6) is 0.516. The molecule has 0 heterocycles. The van der Waals surface area contributed by atoms with E-state index in [0.717, 1.165) is 32.1 Å². The van der Waals surface area contributed by atoms with Gasteiger partial charge < -0.3 is 10.5 Å². The number of carbonyl (C=O) groups excluding carboxylic acids is 1. The van der Waals surface area contributed by atoms with Crippen LogP contribution in [0.4, 0.5) is 0 Å². The molecule has 0 aliphatic heterocycles. The Morgan fingerprint density at radius 2 is 2.00 bits per heavy atom. The second-order valence-electron chi connectivity index (χ2n) is 6.31. The van der Waals surface area contributed by atoms with Gasteiger partial charge >= 0.3 is 5.97 Å². The van der Waals surface area contributed by atoms with Crippen LogP contribution in [0.5, 0.6) is 0 Å². The Hall–Kier alpha value is -0.570. The molecular formula is C15H27NO2. The van der Waals surface area contributed by atoms with Crippen LogP contribution in [0.15, 0.2) is 0 Å². The predicted molar refractivity (Wildman–Crippen MR) is 72.1 cm³/mol. The average molecular weight is 253 g/mol. The highest BCUT2D eigenvalue weighted by atomic mass is 16.5. The molecule has 104 valence electrons. The quantitative estimate of drug-likeness (QED) is 0.787. The Balaban J connectivity index is 1.97. The SMILES string of the molecule is CCC1CCCCC1OC(=O)C1(C)CCCC1N. The highest BCUT2D eigenvalue weighted by Gasteiger charge is 2.45. The van der Waals surface area contributed by atoms with E-state index in [4.69, 9.17) is 10.5 Å². The number of rotatable bonds is 3. The van der Waals surface area contributed by atoms with Gasteiger partial charge in [-0.1, -0.05) is 19.8 Å². The number of ether oxygens (including phenoxy) is 1. The molecule has 3 heteroatoms. The first-order valence-electron chi connectivity index (χ1n) is 7.54. The molecule has 2 aliphatic rings. The summed E-state index contributed by atoms with van der Waals surface area (Å²) >= 11 is 0. The Labute approximate surface area is 110 Å². The highest BCUT2D eigenvalue weighted by molar-refractivity contribution is 5.78. The Morgan fingerprint density at radius 1 is 1.28 bits per heavy atom. The zero-order chi connectivity index (χ0) is 13.2. The fraction of sp³-hybridized carbons (Fsp3) is 0.933. The fourth-order valence-corrected chi connectivity index (χ4v) is 3.51. The molecule has 2 fully saturated rings. The van der Waals surface area contributed by atoms with Crippen molar-refractivity contribution in [2.24, 2.45) is 17.1 Å². The highest BCUT2D eigenvalue weighted by Crippen LogP contribution is 2.39. The summed E-state index contributed by atoms with van der Waals surface area (Å²) in [6, 6.07) is -0.0198. The average Bonchev–Trinajstić information content (AvgIpc) is 2.71. The van der Waals surface area contributed by atoms with Gasteiger partial charge in [-0.25, -0.2) is 0 Å².